The fourth-order valence-electron chi connectivity index (χ4n) is 4.48. The maximum absolute atomic E-state index is 13.2. The van der Waals surface area contributed by atoms with Gasteiger partial charge in [-0.05, 0) is 49.2 Å². The Kier molecular flexibility index (Phi) is 11.3. The number of pyridine rings is 2. The molecule has 2 aromatic carbocycles. The Bertz CT molecular complexity index is 1460. The summed E-state index contributed by atoms with van der Waals surface area (Å²) in [6, 6.07) is 23.0. The fourth-order valence-corrected chi connectivity index (χ4v) is 4.48. The van der Waals surface area contributed by atoms with Crippen LogP contribution in [-0.4, -0.2) is 59.0 Å². The lowest BCUT2D eigenvalue weighted by molar-refractivity contribution is -0.146. The summed E-state index contributed by atoms with van der Waals surface area (Å²) in [7, 11) is 0. The molecular weight excluding hydrogens is 560 g/mol. The maximum Gasteiger partial charge on any atom is 0.328 e. The van der Waals surface area contributed by atoms with Crippen molar-refractivity contribution in [1.29, 1.82) is 0 Å². The summed E-state index contributed by atoms with van der Waals surface area (Å²) in [5.41, 5.74) is 2.92. The minimum absolute atomic E-state index is 0.182. The van der Waals surface area contributed by atoms with Crippen molar-refractivity contribution in [3.8, 4) is 11.4 Å². The zero-order chi connectivity index (χ0) is 31.3. The quantitative estimate of drug-likeness (QED) is 0.222. The predicted octanol–water partition coefficient (Wildman–Crippen LogP) is 3.95. The van der Waals surface area contributed by atoms with Crippen LogP contribution in [0.4, 0.5) is 0 Å². The first kappa shape index (κ1) is 31.6. The Hall–Kier alpha value is -5.38. The molecule has 0 unspecified atom stereocenters. The molecule has 44 heavy (non-hydrogen) atoms. The van der Waals surface area contributed by atoms with Gasteiger partial charge in [0.1, 0.15) is 12.1 Å². The largest absolute Gasteiger partial charge is 0.464 e. The summed E-state index contributed by atoms with van der Waals surface area (Å²) >= 11 is 0. The molecule has 10 heteroatoms. The maximum atomic E-state index is 13.2. The molecule has 2 N–H and O–H groups in total. The lowest BCUT2D eigenvalue weighted by Crippen LogP contribution is -2.43. The van der Waals surface area contributed by atoms with E-state index in [4.69, 9.17) is 9.47 Å². The van der Waals surface area contributed by atoms with Gasteiger partial charge in [-0.25, -0.2) is 9.59 Å². The average Bonchev–Trinajstić information content (AvgIpc) is 3.05. The molecule has 0 saturated carbocycles. The number of amides is 2. The van der Waals surface area contributed by atoms with E-state index in [1.807, 2.05) is 60.7 Å². The second kappa shape index (κ2) is 15.7. The summed E-state index contributed by atoms with van der Waals surface area (Å²) in [5, 5.41) is 5.53. The first-order valence-electron chi connectivity index (χ1n) is 14.3. The van der Waals surface area contributed by atoms with Gasteiger partial charge in [-0.15, -0.1) is 0 Å². The Labute approximate surface area is 255 Å². The van der Waals surface area contributed by atoms with Crippen LogP contribution in [0.15, 0.2) is 97.3 Å². The molecule has 2 heterocycles. The molecule has 0 radical (unpaired) electrons. The molecule has 2 amide bonds. The molecule has 2 atom stereocenters. The lowest BCUT2D eigenvalue weighted by Gasteiger charge is -2.18. The topological polar surface area (TPSA) is 137 Å². The minimum atomic E-state index is -0.894. The predicted molar refractivity (Wildman–Crippen MR) is 164 cm³/mol. The Balaban J connectivity index is 1.50. The van der Waals surface area contributed by atoms with Crippen LogP contribution in [0.3, 0.4) is 0 Å². The number of rotatable bonds is 13. The van der Waals surface area contributed by atoms with Crippen molar-refractivity contribution in [2.75, 3.05) is 13.2 Å². The lowest BCUT2D eigenvalue weighted by atomic mass is 10.0. The minimum Gasteiger partial charge on any atom is -0.464 e. The SMILES string of the molecule is CCOC(=O)[C@H](Cc1ccccc1)NC(=O)c1ccnc(-c2cc(C(=O)N[C@@H](Cc3ccccc3)C(=O)OCC)ccn2)c1. The van der Waals surface area contributed by atoms with E-state index in [0.29, 0.717) is 11.4 Å². The third-order valence-corrected chi connectivity index (χ3v) is 6.62. The summed E-state index contributed by atoms with van der Waals surface area (Å²) in [5.74, 6) is -2.05. The Morgan fingerprint density at radius 2 is 1.00 bits per heavy atom. The van der Waals surface area contributed by atoms with Crippen molar-refractivity contribution in [2.45, 2.75) is 38.8 Å². The smallest absolute Gasteiger partial charge is 0.328 e. The summed E-state index contributed by atoms with van der Waals surface area (Å²) < 4.78 is 10.4. The second-order valence-corrected chi connectivity index (χ2v) is 9.80. The third kappa shape index (κ3) is 8.81. The first-order valence-corrected chi connectivity index (χ1v) is 14.3. The van der Waals surface area contributed by atoms with Gasteiger partial charge in [0.15, 0.2) is 0 Å². The highest BCUT2D eigenvalue weighted by atomic mass is 16.5. The summed E-state index contributed by atoms with van der Waals surface area (Å²) in [6.45, 7) is 3.77. The normalized spacial score (nSPS) is 12.0. The van der Waals surface area contributed by atoms with Crippen LogP contribution in [-0.2, 0) is 31.9 Å². The van der Waals surface area contributed by atoms with Crippen molar-refractivity contribution < 1.29 is 28.7 Å². The van der Waals surface area contributed by atoms with Crippen LogP contribution in [0.5, 0.6) is 0 Å². The van der Waals surface area contributed by atoms with E-state index >= 15 is 0 Å². The van der Waals surface area contributed by atoms with Crippen molar-refractivity contribution in [3.05, 3.63) is 120 Å². The van der Waals surface area contributed by atoms with Gasteiger partial charge in [-0.2, -0.15) is 0 Å². The van der Waals surface area contributed by atoms with Crippen molar-refractivity contribution in [3.63, 3.8) is 0 Å². The van der Waals surface area contributed by atoms with E-state index in [-0.39, 0.29) is 37.2 Å². The number of ether oxygens (including phenoxy) is 2. The van der Waals surface area contributed by atoms with E-state index in [2.05, 4.69) is 20.6 Å². The van der Waals surface area contributed by atoms with Crippen LogP contribution < -0.4 is 10.6 Å². The average molecular weight is 595 g/mol. The molecule has 0 aliphatic carbocycles. The number of hydrogen-bond acceptors (Lipinski definition) is 8. The van der Waals surface area contributed by atoms with E-state index < -0.39 is 35.8 Å². The van der Waals surface area contributed by atoms with Gasteiger partial charge in [-0.3, -0.25) is 19.6 Å². The second-order valence-electron chi connectivity index (χ2n) is 9.80. The molecule has 0 aliphatic heterocycles. The van der Waals surface area contributed by atoms with E-state index in [9.17, 15) is 19.2 Å². The molecule has 2 aromatic heterocycles. The fraction of sp³-hybridized carbons (Fsp3) is 0.235. The number of hydrogen-bond donors (Lipinski definition) is 2. The van der Waals surface area contributed by atoms with Gasteiger partial charge >= 0.3 is 11.9 Å². The zero-order valence-corrected chi connectivity index (χ0v) is 24.6. The molecule has 0 bridgehead atoms. The molecule has 0 fully saturated rings. The number of benzene rings is 2. The molecule has 0 aliphatic rings. The van der Waals surface area contributed by atoms with Gasteiger partial charge in [0.25, 0.3) is 11.8 Å². The van der Waals surface area contributed by atoms with Crippen molar-refractivity contribution >= 4 is 23.8 Å². The van der Waals surface area contributed by atoms with Gasteiger partial charge in [0.2, 0.25) is 0 Å². The first-order chi connectivity index (χ1) is 21.4. The molecule has 226 valence electrons. The number of aromatic nitrogens is 2. The molecular formula is C34H34N4O6. The van der Waals surface area contributed by atoms with Crippen molar-refractivity contribution in [2.24, 2.45) is 0 Å². The van der Waals surface area contributed by atoms with Gasteiger partial charge < -0.3 is 20.1 Å². The van der Waals surface area contributed by atoms with Gasteiger partial charge in [0, 0.05) is 36.4 Å². The summed E-state index contributed by atoms with van der Waals surface area (Å²) in [4.78, 5) is 60.4. The van der Waals surface area contributed by atoms with Crippen LogP contribution in [0.1, 0.15) is 45.7 Å². The van der Waals surface area contributed by atoms with Crippen molar-refractivity contribution in [1.82, 2.24) is 20.6 Å². The monoisotopic (exact) mass is 594 g/mol. The van der Waals surface area contributed by atoms with Crippen LogP contribution in [0, 0.1) is 0 Å². The van der Waals surface area contributed by atoms with E-state index in [1.54, 1.807) is 13.8 Å². The zero-order valence-electron chi connectivity index (χ0n) is 24.6. The summed E-state index contributed by atoms with van der Waals surface area (Å²) in [6.07, 6.45) is 3.43. The number of nitrogens with one attached hydrogen (secondary N) is 2. The van der Waals surface area contributed by atoms with Crippen LogP contribution in [0.2, 0.25) is 0 Å². The van der Waals surface area contributed by atoms with Crippen LogP contribution in [0.25, 0.3) is 11.4 Å². The standard InChI is InChI=1S/C34H34N4O6/c1-3-43-33(41)29(19-23-11-7-5-8-12-23)37-31(39)25-15-17-35-27(21-25)28-22-26(16-18-36-28)32(40)38-30(34(42)44-4-2)20-24-13-9-6-10-14-24/h5-18,21-22,29-30H,3-4,19-20H2,1-2H3,(H,37,39)(H,38,40)/t29-,30-/m0/s1. The van der Waals surface area contributed by atoms with Crippen LogP contribution >= 0.6 is 0 Å². The molecule has 4 aromatic rings. The number of carbonyl (C=O) groups is 4. The third-order valence-electron chi connectivity index (χ3n) is 6.62. The highest BCUT2D eigenvalue weighted by Gasteiger charge is 2.25. The Morgan fingerprint density at radius 1 is 0.614 bits per heavy atom. The molecule has 0 spiro atoms. The van der Waals surface area contributed by atoms with E-state index in [0.717, 1.165) is 11.1 Å². The number of nitrogens with zero attached hydrogens (tertiary/aromatic N) is 2. The van der Waals surface area contributed by atoms with Gasteiger partial charge in [0.05, 0.1) is 24.6 Å². The highest BCUT2D eigenvalue weighted by molar-refractivity contribution is 5.99. The Morgan fingerprint density at radius 3 is 1.36 bits per heavy atom. The number of esters is 2. The number of carbonyl (C=O) groups excluding carboxylic acids is 4. The molecule has 4 rings (SSSR count). The van der Waals surface area contributed by atoms with E-state index in [1.165, 1.54) is 36.7 Å². The highest BCUT2D eigenvalue weighted by Crippen LogP contribution is 2.18. The van der Waals surface area contributed by atoms with Gasteiger partial charge in [-0.1, -0.05) is 60.7 Å². The molecule has 10 nitrogen and oxygen atoms in total. The molecule has 0 saturated heterocycles.